The van der Waals surface area contributed by atoms with Crippen molar-refractivity contribution < 1.29 is 4.79 Å². The molecule has 1 aliphatic carbocycles. The Morgan fingerprint density at radius 1 is 1.50 bits per heavy atom. The fourth-order valence-corrected chi connectivity index (χ4v) is 3.26. The van der Waals surface area contributed by atoms with Gasteiger partial charge in [-0.05, 0) is 54.1 Å². The number of hydrogen-bond acceptors (Lipinski definition) is 3. The van der Waals surface area contributed by atoms with E-state index in [0.29, 0.717) is 12.5 Å². The zero-order chi connectivity index (χ0) is 12.1. The first-order valence-electron chi connectivity index (χ1n) is 6.30. The van der Waals surface area contributed by atoms with Crippen molar-refractivity contribution >= 4 is 29.7 Å². The van der Waals surface area contributed by atoms with Crippen molar-refractivity contribution in [2.75, 3.05) is 13.1 Å². The molecular formula is C13H21ClN2OS. The summed E-state index contributed by atoms with van der Waals surface area (Å²) in [5, 5.41) is 7.23. The molecule has 2 rings (SSSR count). The fraction of sp³-hybridized carbons (Fsp3) is 0.615. The Morgan fingerprint density at radius 2 is 2.33 bits per heavy atom. The summed E-state index contributed by atoms with van der Waals surface area (Å²) in [7, 11) is 0. The molecule has 0 bridgehead atoms. The molecule has 1 amide bonds. The van der Waals surface area contributed by atoms with Gasteiger partial charge in [-0.2, -0.15) is 11.3 Å². The monoisotopic (exact) mass is 288 g/mol. The molecule has 102 valence electrons. The molecule has 3 nitrogen and oxygen atoms in total. The van der Waals surface area contributed by atoms with E-state index in [4.69, 9.17) is 5.73 Å². The molecule has 1 saturated carbocycles. The summed E-state index contributed by atoms with van der Waals surface area (Å²) >= 11 is 1.70. The third-order valence-electron chi connectivity index (χ3n) is 3.59. The topological polar surface area (TPSA) is 55.1 Å². The van der Waals surface area contributed by atoms with E-state index in [9.17, 15) is 4.79 Å². The van der Waals surface area contributed by atoms with E-state index in [1.807, 2.05) is 0 Å². The SMILES string of the molecule is Cl.NC[C@H]1CCC[C@H]1C(=O)NCCc1ccsc1. The minimum Gasteiger partial charge on any atom is -0.356 e. The number of rotatable bonds is 5. The molecule has 0 saturated heterocycles. The number of nitrogens with one attached hydrogen (secondary N) is 1. The number of amides is 1. The minimum atomic E-state index is 0. The van der Waals surface area contributed by atoms with Gasteiger partial charge in [-0.15, -0.1) is 12.4 Å². The van der Waals surface area contributed by atoms with Gasteiger partial charge in [-0.25, -0.2) is 0 Å². The second kappa shape index (κ2) is 7.77. The van der Waals surface area contributed by atoms with Gasteiger partial charge in [0.1, 0.15) is 0 Å². The predicted octanol–water partition coefficient (Wildman–Crippen LogP) is 2.20. The molecule has 0 aliphatic heterocycles. The van der Waals surface area contributed by atoms with E-state index in [1.54, 1.807) is 11.3 Å². The Bertz CT molecular complexity index is 356. The van der Waals surface area contributed by atoms with Crippen molar-refractivity contribution in [3.63, 3.8) is 0 Å². The standard InChI is InChI=1S/C13H20N2OS.ClH/c14-8-11-2-1-3-12(11)13(16)15-6-4-10-5-7-17-9-10;/h5,7,9,11-12H,1-4,6,8,14H2,(H,15,16);1H/t11-,12-;/m1./s1. The third-order valence-corrected chi connectivity index (χ3v) is 4.32. The zero-order valence-electron chi connectivity index (χ0n) is 10.4. The lowest BCUT2D eigenvalue weighted by atomic mass is 9.95. The molecule has 0 unspecified atom stereocenters. The van der Waals surface area contributed by atoms with Crippen LogP contribution >= 0.6 is 23.7 Å². The van der Waals surface area contributed by atoms with Gasteiger partial charge in [0.15, 0.2) is 0 Å². The van der Waals surface area contributed by atoms with E-state index < -0.39 is 0 Å². The largest absolute Gasteiger partial charge is 0.356 e. The first-order valence-corrected chi connectivity index (χ1v) is 7.24. The number of carbonyl (C=O) groups is 1. The van der Waals surface area contributed by atoms with Gasteiger partial charge >= 0.3 is 0 Å². The molecule has 18 heavy (non-hydrogen) atoms. The van der Waals surface area contributed by atoms with Gasteiger partial charge in [0, 0.05) is 12.5 Å². The summed E-state index contributed by atoms with van der Waals surface area (Å²) in [6.07, 6.45) is 4.19. The second-order valence-corrected chi connectivity index (χ2v) is 5.49. The van der Waals surface area contributed by atoms with Crippen LogP contribution in [0.5, 0.6) is 0 Å². The molecular weight excluding hydrogens is 268 g/mol. The normalized spacial score (nSPS) is 22.5. The fourth-order valence-electron chi connectivity index (χ4n) is 2.56. The highest BCUT2D eigenvalue weighted by Gasteiger charge is 2.31. The number of hydrogen-bond donors (Lipinski definition) is 2. The predicted molar refractivity (Wildman–Crippen MR) is 78.2 cm³/mol. The summed E-state index contributed by atoms with van der Waals surface area (Å²) in [5.41, 5.74) is 6.99. The molecule has 0 radical (unpaired) electrons. The van der Waals surface area contributed by atoms with Gasteiger partial charge in [-0.1, -0.05) is 6.42 Å². The summed E-state index contributed by atoms with van der Waals surface area (Å²) < 4.78 is 0. The average Bonchev–Trinajstić information content (AvgIpc) is 2.99. The maximum absolute atomic E-state index is 12.0. The van der Waals surface area contributed by atoms with Crippen LogP contribution in [-0.2, 0) is 11.2 Å². The van der Waals surface area contributed by atoms with Crippen molar-refractivity contribution in [2.45, 2.75) is 25.7 Å². The Morgan fingerprint density at radius 3 is 3.00 bits per heavy atom. The van der Waals surface area contributed by atoms with Crippen molar-refractivity contribution in [3.8, 4) is 0 Å². The first kappa shape index (κ1) is 15.5. The Balaban J connectivity index is 0.00000162. The first-order chi connectivity index (χ1) is 8.31. The molecule has 1 fully saturated rings. The van der Waals surface area contributed by atoms with Crippen molar-refractivity contribution in [3.05, 3.63) is 22.4 Å². The van der Waals surface area contributed by atoms with E-state index >= 15 is 0 Å². The molecule has 1 aliphatic rings. The van der Waals surface area contributed by atoms with E-state index in [0.717, 1.165) is 32.2 Å². The molecule has 1 heterocycles. The van der Waals surface area contributed by atoms with Crippen LogP contribution in [0.25, 0.3) is 0 Å². The number of thiophene rings is 1. The lowest BCUT2D eigenvalue weighted by molar-refractivity contribution is -0.125. The molecule has 5 heteroatoms. The Hall–Kier alpha value is -0.580. The van der Waals surface area contributed by atoms with Crippen molar-refractivity contribution in [1.29, 1.82) is 0 Å². The quantitative estimate of drug-likeness (QED) is 0.873. The highest BCUT2D eigenvalue weighted by Crippen LogP contribution is 2.30. The minimum absolute atomic E-state index is 0. The molecule has 2 atom stereocenters. The van der Waals surface area contributed by atoms with Crippen LogP contribution in [0.15, 0.2) is 16.8 Å². The summed E-state index contributed by atoms with van der Waals surface area (Å²) in [6.45, 7) is 1.38. The van der Waals surface area contributed by atoms with Gasteiger partial charge in [0.2, 0.25) is 5.91 Å². The van der Waals surface area contributed by atoms with Crippen molar-refractivity contribution in [2.24, 2.45) is 17.6 Å². The number of carbonyl (C=O) groups excluding carboxylic acids is 1. The second-order valence-electron chi connectivity index (χ2n) is 4.71. The highest BCUT2D eigenvalue weighted by molar-refractivity contribution is 7.07. The maximum Gasteiger partial charge on any atom is 0.223 e. The van der Waals surface area contributed by atoms with E-state index in [-0.39, 0.29) is 24.2 Å². The number of nitrogens with two attached hydrogens (primary N) is 1. The van der Waals surface area contributed by atoms with Crippen LogP contribution in [-0.4, -0.2) is 19.0 Å². The third kappa shape index (κ3) is 3.97. The summed E-state index contributed by atoms with van der Waals surface area (Å²) in [5.74, 6) is 0.756. The molecule has 0 spiro atoms. The molecule has 1 aromatic heterocycles. The zero-order valence-corrected chi connectivity index (χ0v) is 12.1. The van der Waals surface area contributed by atoms with Crippen LogP contribution in [0.1, 0.15) is 24.8 Å². The molecule has 1 aromatic rings. The average molecular weight is 289 g/mol. The van der Waals surface area contributed by atoms with E-state index in [2.05, 4.69) is 22.1 Å². The Labute approximate surface area is 119 Å². The maximum atomic E-state index is 12.0. The van der Waals surface area contributed by atoms with E-state index in [1.165, 1.54) is 5.56 Å². The lowest BCUT2D eigenvalue weighted by Gasteiger charge is -2.17. The van der Waals surface area contributed by atoms with Gasteiger partial charge in [0.05, 0.1) is 0 Å². The Kier molecular flexibility index (Phi) is 6.68. The van der Waals surface area contributed by atoms with Crippen LogP contribution in [0.2, 0.25) is 0 Å². The van der Waals surface area contributed by atoms with Gasteiger partial charge in [-0.3, -0.25) is 4.79 Å². The van der Waals surface area contributed by atoms with Gasteiger partial charge in [0.25, 0.3) is 0 Å². The van der Waals surface area contributed by atoms with Crippen molar-refractivity contribution in [1.82, 2.24) is 5.32 Å². The summed E-state index contributed by atoms with van der Waals surface area (Å²) in [4.78, 5) is 12.0. The van der Waals surface area contributed by atoms with Crippen LogP contribution < -0.4 is 11.1 Å². The van der Waals surface area contributed by atoms with Crippen LogP contribution in [0, 0.1) is 11.8 Å². The highest BCUT2D eigenvalue weighted by atomic mass is 35.5. The van der Waals surface area contributed by atoms with Crippen LogP contribution in [0.3, 0.4) is 0 Å². The smallest absolute Gasteiger partial charge is 0.223 e. The summed E-state index contributed by atoms with van der Waals surface area (Å²) in [6, 6.07) is 2.11. The van der Waals surface area contributed by atoms with Gasteiger partial charge < -0.3 is 11.1 Å². The van der Waals surface area contributed by atoms with Crippen LogP contribution in [0.4, 0.5) is 0 Å². The molecule has 0 aromatic carbocycles. The lowest BCUT2D eigenvalue weighted by Crippen LogP contribution is -2.36. The molecule has 3 N–H and O–H groups in total. The number of halogens is 1.